The Morgan fingerprint density at radius 2 is 1.69 bits per heavy atom. The lowest BCUT2D eigenvalue weighted by Gasteiger charge is -2.19. The van der Waals surface area contributed by atoms with Gasteiger partial charge in [-0.05, 0) is 57.3 Å². The predicted octanol–water partition coefficient (Wildman–Crippen LogP) is 2.84. The lowest BCUT2D eigenvalue weighted by Crippen LogP contribution is -2.23. The standard InChI is InChI=1S/C32H44N8O5/c1-6-15-39-30(41)26-23-34-31(37-29(26)40(39)28-9-7-8-27(36-28)32(2,3)42)35-24-10-12-25(13-11-24)38(5)16-18-44-20-22-45-21-19-43-17-14-33-4/h6-13,23,33,42H,1,14-22H2,2-5H3,(H,34,35,37). The van der Waals surface area contributed by atoms with Crippen LogP contribution in [0.3, 0.4) is 0 Å². The molecule has 13 heteroatoms. The summed E-state index contributed by atoms with van der Waals surface area (Å²) in [5.41, 5.74) is 1.25. The third-order valence-corrected chi connectivity index (χ3v) is 6.93. The Labute approximate surface area is 263 Å². The van der Waals surface area contributed by atoms with Gasteiger partial charge in [-0.1, -0.05) is 12.1 Å². The number of nitrogens with one attached hydrogen (secondary N) is 2. The van der Waals surface area contributed by atoms with Gasteiger partial charge in [0.25, 0.3) is 5.56 Å². The first-order valence-electron chi connectivity index (χ1n) is 15.0. The zero-order chi connectivity index (χ0) is 32.2. The number of aliphatic hydroxyl groups is 1. The molecule has 0 bridgehead atoms. The van der Waals surface area contributed by atoms with E-state index in [9.17, 15) is 9.90 Å². The summed E-state index contributed by atoms with van der Waals surface area (Å²) >= 11 is 0. The molecule has 45 heavy (non-hydrogen) atoms. The molecule has 0 unspecified atom stereocenters. The Balaban J connectivity index is 1.37. The first kappa shape index (κ1) is 33.7. The van der Waals surface area contributed by atoms with Gasteiger partial charge in [0, 0.05) is 37.7 Å². The minimum Gasteiger partial charge on any atom is -0.384 e. The predicted molar refractivity (Wildman–Crippen MR) is 176 cm³/mol. The summed E-state index contributed by atoms with van der Waals surface area (Å²) in [5.74, 6) is 0.773. The molecule has 0 spiro atoms. The molecule has 1 aromatic carbocycles. The highest BCUT2D eigenvalue weighted by atomic mass is 16.5. The monoisotopic (exact) mass is 620 g/mol. The summed E-state index contributed by atoms with van der Waals surface area (Å²) in [6.45, 7) is 12.4. The van der Waals surface area contributed by atoms with E-state index in [0.29, 0.717) is 68.1 Å². The summed E-state index contributed by atoms with van der Waals surface area (Å²) in [6.07, 6.45) is 3.14. The van der Waals surface area contributed by atoms with Gasteiger partial charge in [-0.15, -0.1) is 6.58 Å². The lowest BCUT2D eigenvalue weighted by atomic mass is 10.1. The van der Waals surface area contributed by atoms with E-state index < -0.39 is 5.60 Å². The number of benzene rings is 1. The maximum absolute atomic E-state index is 13.2. The molecule has 0 atom stereocenters. The van der Waals surface area contributed by atoms with Gasteiger partial charge in [-0.2, -0.15) is 4.98 Å². The van der Waals surface area contributed by atoms with Crippen LogP contribution in [0.25, 0.3) is 16.9 Å². The molecule has 0 saturated carbocycles. The van der Waals surface area contributed by atoms with Crippen LogP contribution in [0, 0.1) is 0 Å². The topological polar surface area (TPSA) is 141 Å². The number of pyridine rings is 1. The minimum atomic E-state index is -1.16. The second kappa shape index (κ2) is 16.3. The van der Waals surface area contributed by atoms with Crippen LogP contribution in [0.1, 0.15) is 19.5 Å². The number of ether oxygens (including phenoxy) is 3. The molecule has 3 aromatic heterocycles. The summed E-state index contributed by atoms with van der Waals surface area (Å²) in [6, 6.07) is 13.2. The first-order chi connectivity index (χ1) is 21.7. The fourth-order valence-electron chi connectivity index (χ4n) is 4.47. The van der Waals surface area contributed by atoms with Crippen molar-refractivity contribution >= 4 is 28.4 Å². The van der Waals surface area contributed by atoms with Crippen LogP contribution in [0.15, 0.2) is 66.1 Å². The van der Waals surface area contributed by atoms with Crippen LogP contribution in [0.5, 0.6) is 0 Å². The molecule has 3 N–H and O–H groups in total. The van der Waals surface area contributed by atoms with E-state index in [-0.39, 0.29) is 12.1 Å². The highest BCUT2D eigenvalue weighted by molar-refractivity contribution is 5.77. The molecule has 4 aromatic rings. The zero-order valence-electron chi connectivity index (χ0n) is 26.5. The molecule has 0 aliphatic heterocycles. The molecule has 242 valence electrons. The maximum atomic E-state index is 13.2. The fourth-order valence-corrected chi connectivity index (χ4v) is 4.47. The highest BCUT2D eigenvalue weighted by Crippen LogP contribution is 2.23. The van der Waals surface area contributed by atoms with E-state index >= 15 is 0 Å². The van der Waals surface area contributed by atoms with Crippen molar-refractivity contribution in [1.29, 1.82) is 0 Å². The van der Waals surface area contributed by atoms with Gasteiger partial charge in [-0.25, -0.2) is 19.3 Å². The SMILES string of the molecule is C=CCn1c(=O)c2cnc(Nc3ccc(N(C)CCOCCOCCOCCNC)cc3)nc2n1-c1cccc(C(C)(C)O)n1. The third-order valence-electron chi connectivity index (χ3n) is 6.93. The fraction of sp³-hybridized carbons (Fsp3) is 0.438. The van der Waals surface area contributed by atoms with E-state index in [2.05, 4.69) is 37.1 Å². The third kappa shape index (κ3) is 9.19. The number of likely N-dealkylation sites (N-methyl/N-ethyl adjacent to an activating group) is 2. The number of rotatable bonds is 19. The summed E-state index contributed by atoms with van der Waals surface area (Å²) < 4.78 is 19.8. The minimum absolute atomic E-state index is 0.243. The Kier molecular flexibility index (Phi) is 12.2. The van der Waals surface area contributed by atoms with E-state index in [0.717, 1.165) is 24.5 Å². The molecule has 0 saturated heterocycles. The van der Waals surface area contributed by atoms with Gasteiger partial charge in [-0.3, -0.25) is 4.79 Å². The Morgan fingerprint density at radius 1 is 1.00 bits per heavy atom. The molecule has 0 radical (unpaired) electrons. The maximum Gasteiger partial charge on any atom is 0.278 e. The summed E-state index contributed by atoms with van der Waals surface area (Å²) in [7, 11) is 3.90. The average Bonchev–Trinajstić information content (AvgIpc) is 3.30. The molecule has 0 aliphatic carbocycles. The van der Waals surface area contributed by atoms with Crippen LogP contribution in [0.4, 0.5) is 17.3 Å². The van der Waals surface area contributed by atoms with Crippen LogP contribution in [-0.2, 0) is 26.4 Å². The number of hydrogen-bond acceptors (Lipinski definition) is 11. The Bertz CT molecular complexity index is 1580. The lowest BCUT2D eigenvalue weighted by molar-refractivity contribution is 0.0167. The van der Waals surface area contributed by atoms with Crippen LogP contribution in [0.2, 0.25) is 0 Å². The summed E-state index contributed by atoms with van der Waals surface area (Å²) in [5, 5.41) is 17.1. The van der Waals surface area contributed by atoms with Crippen molar-refractivity contribution in [3.63, 3.8) is 0 Å². The van der Waals surface area contributed by atoms with Gasteiger partial charge in [0.2, 0.25) is 5.95 Å². The van der Waals surface area contributed by atoms with Crippen LogP contribution in [-0.4, -0.2) is 96.2 Å². The zero-order valence-corrected chi connectivity index (χ0v) is 26.5. The molecule has 13 nitrogen and oxygen atoms in total. The van der Waals surface area contributed by atoms with Crippen molar-refractivity contribution < 1.29 is 19.3 Å². The van der Waals surface area contributed by atoms with Crippen molar-refractivity contribution in [2.45, 2.75) is 26.0 Å². The van der Waals surface area contributed by atoms with E-state index in [4.69, 9.17) is 14.2 Å². The summed E-state index contributed by atoms with van der Waals surface area (Å²) in [4.78, 5) is 29.1. The number of hydrogen-bond donors (Lipinski definition) is 3. The van der Waals surface area contributed by atoms with Gasteiger partial charge in [0.05, 0.1) is 51.9 Å². The van der Waals surface area contributed by atoms with Crippen molar-refractivity contribution in [2.24, 2.45) is 0 Å². The number of fused-ring (bicyclic) bond motifs is 1. The second-order valence-electron chi connectivity index (χ2n) is 10.9. The van der Waals surface area contributed by atoms with Gasteiger partial charge < -0.3 is 34.9 Å². The second-order valence-corrected chi connectivity index (χ2v) is 10.9. The van der Waals surface area contributed by atoms with Gasteiger partial charge in [0.15, 0.2) is 11.5 Å². The Morgan fingerprint density at radius 3 is 2.36 bits per heavy atom. The molecule has 4 rings (SSSR count). The van der Waals surface area contributed by atoms with Gasteiger partial charge in [0.1, 0.15) is 11.0 Å². The number of anilines is 3. The number of aromatic nitrogens is 5. The molecule has 0 fully saturated rings. The molecule has 0 amide bonds. The quantitative estimate of drug-likeness (QED) is 0.105. The normalized spacial score (nSPS) is 11.7. The number of nitrogens with zero attached hydrogens (tertiary/aromatic N) is 6. The van der Waals surface area contributed by atoms with Gasteiger partial charge >= 0.3 is 0 Å². The van der Waals surface area contributed by atoms with Crippen molar-refractivity contribution in [1.82, 2.24) is 29.6 Å². The molecule has 3 heterocycles. The van der Waals surface area contributed by atoms with Crippen LogP contribution >= 0.6 is 0 Å². The number of allylic oxidation sites excluding steroid dienone is 1. The highest BCUT2D eigenvalue weighted by Gasteiger charge is 2.21. The van der Waals surface area contributed by atoms with E-state index in [1.165, 1.54) is 10.9 Å². The van der Waals surface area contributed by atoms with Crippen molar-refractivity contribution in [3.05, 3.63) is 77.4 Å². The molecule has 0 aliphatic rings. The van der Waals surface area contributed by atoms with Crippen molar-refractivity contribution in [3.8, 4) is 5.82 Å². The van der Waals surface area contributed by atoms with E-state index in [1.54, 1.807) is 42.8 Å². The van der Waals surface area contributed by atoms with E-state index in [1.807, 2.05) is 38.4 Å². The molecular weight excluding hydrogens is 576 g/mol. The Hall–Kier alpha value is -4.14. The van der Waals surface area contributed by atoms with Crippen molar-refractivity contribution in [2.75, 3.05) is 77.0 Å². The first-order valence-corrected chi connectivity index (χ1v) is 15.0. The smallest absolute Gasteiger partial charge is 0.278 e. The molecular formula is C32H44N8O5. The van der Waals surface area contributed by atoms with Crippen LogP contribution < -0.4 is 21.1 Å². The average molecular weight is 621 g/mol. The largest absolute Gasteiger partial charge is 0.384 e.